The number of para-hydroxylation sites is 1. The molecule has 6 nitrogen and oxygen atoms in total. The van der Waals surface area contributed by atoms with Crippen molar-refractivity contribution in [2.24, 2.45) is 5.92 Å². The maximum Gasteiger partial charge on any atom is 0.225 e. The fraction of sp³-hybridized carbons (Fsp3) is 0.435. The van der Waals surface area contributed by atoms with Crippen molar-refractivity contribution < 1.29 is 14.3 Å². The van der Waals surface area contributed by atoms with E-state index >= 15 is 0 Å². The molecule has 154 valence electrons. The fourth-order valence-electron chi connectivity index (χ4n) is 4.49. The Balaban J connectivity index is 1.62. The average Bonchev–Trinajstić information content (AvgIpc) is 2.78. The van der Waals surface area contributed by atoms with Crippen LogP contribution in [-0.4, -0.2) is 59.0 Å². The molecule has 6 heteroatoms. The van der Waals surface area contributed by atoms with E-state index in [-0.39, 0.29) is 17.9 Å². The summed E-state index contributed by atoms with van der Waals surface area (Å²) in [4.78, 5) is 17.9. The fourth-order valence-corrected chi connectivity index (χ4v) is 4.49. The summed E-state index contributed by atoms with van der Waals surface area (Å²) in [5, 5.41) is 3.06. The second-order valence-corrected chi connectivity index (χ2v) is 7.63. The smallest absolute Gasteiger partial charge is 0.225 e. The van der Waals surface area contributed by atoms with Gasteiger partial charge in [-0.3, -0.25) is 4.79 Å². The van der Waals surface area contributed by atoms with E-state index in [4.69, 9.17) is 9.47 Å². The Kier molecular flexibility index (Phi) is 5.90. The van der Waals surface area contributed by atoms with E-state index in [2.05, 4.69) is 51.5 Å². The molecule has 0 spiro atoms. The van der Waals surface area contributed by atoms with Crippen molar-refractivity contribution in [3.05, 3.63) is 54.1 Å². The van der Waals surface area contributed by atoms with E-state index in [9.17, 15) is 4.79 Å². The lowest BCUT2D eigenvalue weighted by Crippen LogP contribution is -2.61. The van der Waals surface area contributed by atoms with Gasteiger partial charge in [-0.15, -0.1) is 0 Å². The number of hydrogen-bond acceptors (Lipinski definition) is 5. The monoisotopic (exact) mass is 395 g/mol. The molecule has 29 heavy (non-hydrogen) atoms. The number of carbonyl (C=O) groups excluding carboxylic acids is 1. The summed E-state index contributed by atoms with van der Waals surface area (Å²) in [6, 6.07) is 16.8. The predicted molar refractivity (Wildman–Crippen MR) is 115 cm³/mol. The molecule has 0 bridgehead atoms. The number of anilines is 2. The van der Waals surface area contributed by atoms with E-state index in [1.54, 1.807) is 14.2 Å². The van der Waals surface area contributed by atoms with Crippen LogP contribution in [0, 0.1) is 5.92 Å². The lowest BCUT2D eigenvalue weighted by atomic mass is 9.83. The van der Waals surface area contributed by atoms with Crippen LogP contribution in [0.5, 0.6) is 5.75 Å². The van der Waals surface area contributed by atoms with Crippen LogP contribution in [-0.2, 0) is 16.0 Å². The summed E-state index contributed by atoms with van der Waals surface area (Å²) < 4.78 is 10.6. The van der Waals surface area contributed by atoms with E-state index in [0.717, 1.165) is 31.8 Å². The highest BCUT2D eigenvalue weighted by atomic mass is 16.5. The summed E-state index contributed by atoms with van der Waals surface area (Å²) in [6.07, 6.45) is 0.738. The van der Waals surface area contributed by atoms with Gasteiger partial charge in [-0.25, -0.2) is 0 Å². The molecule has 1 N–H and O–H groups in total. The number of benzene rings is 2. The van der Waals surface area contributed by atoms with Gasteiger partial charge in [0.05, 0.1) is 25.7 Å². The Morgan fingerprint density at radius 2 is 1.97 bits per heavy atom. The number of ether oxygens (including phenoxy) is 2. The second kappa shape index (κ2) is 8.74. The normalized spacial score (nSPS) is 20.6. The van der Waals surface area contributed by atoms with Gasteiger partial charge < -0.3 is 24.6 Å². The molecule has 1 amide bonds. The Hall–Kier alpha value is -2.73. The van der Waals surface area contributed by atoms with Crippen molar-refractivity contribution in [2.75, 3.05) is 56.8 Å². The van der Waals surface area contributed by atoms with Crippen LogP contribution in [0.3, 0.4) is 0 Å². The molecule has 2 aliphatic heterocycles. The molecule has 1 fully saturated rings. The molecule has 2 heterocycles. The summed E-state index contributed by atoms with van der Waals surface area (Å²) in [6.45, 7) is 3.69. The molecule has 0 unspecified atom stereocenters. The van der Waals surface area contributed by atoms with Crippen LogP contribution in [0.1, 0.15) is 5.56 Å². The molecule has 0 aromatic heterocycles. The summed E-state index contributed by atoms with van der Waals surface area (Å²) >= 11 is 0. The molecule has 2 aromatic rings. The van der Waals surface area contributed by atoms with E-state index in [0.29, 0.717) is 13.2 Å². The number of nitrogens with zero attached hydrogens (tertiary/aromatic N) is 2. The zero-order valence-corrected chi connectivity index (χ0v) is 17.1. The first-order valence-electron chi connectivity index (χ1n) is 10.2. The minimum Gasteiger partial charge on any atom is -0.497 e. The predicted octanol–water partition coefficient (Wildman–Crippen LogP) is 2.33. The molecule has 0 saturated carbocycles. The number of nitrogens with one attached hydrogen (secondary N) is 1. The van der Waals surface area contributed by atoms with Crippen LogP contribution in [0.4, 0.5) is 11.4 Å². The van der Waals surface area contributed by atoms with E-state index in [1.807, 2.05) is 12.1 Å². The number of amides is 1. The highest BCUT2D eigenvalue weighted by molar-refractivity contribution is 5.82. The van der Waals surface area contributed by atoms with E-state index < -0.39 is 0 Å². The van der Waals surface area contributed by atoms with Crippen LogP contribution in [0.15, 0.2) is 48.5 Å². The molecule has 0 radical (unpaired) electrons. The first-order chi connectivity index (χ1) is 14.2. The molecule has 2 aromatic carbocycles. The number of rotatable bonds is 6. The number of hydrogen-bond donors (Lipinski definition) is 1. The van der Waals surface area contributed by atoms with Crippen molar-refractivity contribution in [3.63, 3.8) is 0 Å². The molecular weight excluding hydrogens is 366 g/mol. The van der Waals surface area contributed by atoms with Crippen molar-refractivity contribution in [3.8, 4) is 5.75 Å². The molecule has 1 saturated heterocycles. The SMILES string of the molecule is COCCNC(=O)[C@H]1Cc2ccc(OC)cc2N2CCN(c3ccccc3)C[C@@H]12. The van der Waals surface area contributed by atoms with Gasteiger partial charge in [0.15, 0.2) is 0 Å². The van der Waals surface area contributed by atoms with Crippen molar-refractivity contribution in [1.82, 2.24) is 5.32 Å². The van der Waals surface area contributed by atoms with Crippen LogP contribution >= 0.6 is 0 Å². The molecular formula is C23H29N3O3. The lowest BCUT2D eigenvalue weighted by molar-refractivity contribution is -0.126. The molecule has 4 rings (SSSR count). The molecule has 2 aliphatic rings. The zero-order valence-electron chi connectivity index (χ0n) is 17.1. The van der Waals surface area contributed by atoms with Gasteiger partial charge in [-0.1, -0.05) is 24.3 Å². The standard InChI is InChI=1S/C23H29N3O3/c1-28-13-10-24-23(27)20-14-17-8-9-19(29-2)15-21(17)26-12-11-25(16-22(20)26)18-6-4-3-5-7-18/h3-9,15,20,22H,10-14,16H2,1-2H3,(H,24,27)/t20-,22-/m0/s1. The van der Waals surface area contributed by atoms with Gasteiger partial charge in [-0.2, -0.15) is 0 Å². The Bertz CT molecular complexity index is 843. The van der Waals surface area contributed by atoms with E-state index in [1.165, 1.54) is 16.9 Å². The van der Waals surface area contributed by atoms with Gasteiger partial charge in [0.25, 0.3) is 0 Å². The summed E-state index contributed by atoms with van der Waals surface area (Å²) in [5.74, 6) is 0.865. The number of carbonyl (C=O) groups is 1. The second-order valence-electron chi connectivity index (χ2n) is 7.63. The quantitative estimate of drug-likeness (QED) is 0.761. The maximum absolute atomic E-state index is 13.1. The Labute approximate surface area is 172 Å². The highest BCUT2D eigenvalue weighted by Gasteiger charge is 2.41. The van der Waals surface area contributed by atoms with Gasteiger partial charge in [-0.05, 0) is 30.2 Å². The van der Waals surface area contributed by atoms with Crippen molar-refractivity contribution in [2.45, 2.75) is 12.5 Å². The minimum absolute atomic E-state index is 0.0979. The van der Waals surface area contributed by atoms with Crippen molar-refractivity contribution >= 4 is 17.3 Å². The zero-order chi connectivity index (χ0) is 20.2. The van der Waals surface area contributed by atoms with Gasteiger partial charge in [0, 0.05) is 50.7 Å². The van der Waals surface area contributed by atoms with Gasteiger partial charge in [0.2, 0.25) is 5.91 Å². The number of fused-ring (bicyclic) bond motifs is 3. The van der Waals surface area contributed by atoms with Gasteiger partial charge in [0.1, 0.15) is 5.75 Å². The Morgan fingerprint density at radius 1 is 1.14 bits per heavy atom. The first kappa shape index (κ1) is 19.6. The summed E-state index contributed by atoms with van der Waals surface area (Å²) in [5.41, 5.74) is 3.62. The topological polar surface area (TPSA) is 54.0 Å². The van der Waals surface area contributed by atoms with Crippen molar-refractivity contribution in [1.29, 1.82) is 0 Å². The Morgan fingerprint density at radius 3 is 2.72 bits per heavy atom. The third kappa shape index (κ3) is 4.03. The first-order valence-corrected chi connectivity index (χ1v) is 10.2. The number of piperazine rings is 1. The third-order valence-corrected chi connectivity index (χ3v) is 5.99. The molecule has 0 aliphatic carbocycles. The lowest BCUT2D eigenvalue weighted by Gasteiger charge is -2.49. The largest absolute Gasteiger partial charge is 0.497 e. The van der Waals surface area contributed by atoms with Crippen LogP contribution in [0.2, 0.25) is 0 Å². The summed E-state index contributed by atoms with van der Waals surface area (Å²) in [7, 11) is 3.35. The highest BCUT2D eigenvalue weighted by Crippen LogP contribution is 2.38. The minimum atomic E-state index is -0.0979. The average molecular weight is 396 g/mol. The van der Waals surface area contributed by atoms with Gasteiger partial charge >= 0.3 is 0 Å². The van der Waals surface area contributed by atoms with Crippen LogP contribution < -0.4 is 19.9 Å². The maximum atomic E-state index is 13.1. The third-order valence-electron chi connectivity index (χ3n) is 5.99. The van der Waals surface area contributed by atoms with Crippen LogP contribution in [0.25, 0.3) is 0 Å². The number of methoxy groups -OCH3 is 2. The molecule has 2 atom stereocenters.